The van der Waals surface area contributed by atoms with Crippen molar-refractivity contribution < 1.29 is 0 Å². The number of rotatable bonds is 4. The summed E-state index contributed by atoms with van der Waals surface area (Å²) in [6.45, 7) is 3.23. The predicted molar refractivity (Wildman–Crippen MR) is 84.8 cm³/mol. The van der Waals surface area contributed by atoms with Crippen LogP contribution in [0.1, 0.15) is 50.6 Å². The molecule has 1 atom stereocenters. The Bertz CT molecular complexity index is 366. The summed E-state index contributed by atoms with van der Waals surface area (Å²) in [5.41, 5.74) is 1.41. The van der Waals surface area contributed by atoms with Gasteiger partial charge in [-0.15, -0.1) is 0 Å². The van der Waals surface area contributed by atoms with Gasteiger partial charge < -0.3 is 5.32 Å². The van der Waals surface area contributed by atoms with E-state index in [1.54, 1.807) is 0 Å². The zero-order chi connectivity index (χ0) is 13.0. The summed E-state index contributed by atoms with van der Waals surface area (Å²) >= 11 is 7.20. The number of benzene rings is 1. The molecule has 1 aliphatic carbocycles. The van der Waals surface area contributed by atoms with Crippen LogP contribution < -0.4 is 5.32 Å². The lowest BCUT2D eigenvalue weighted by Crippen LogP contribution is -2.29. The van der Waals surface area contributed by atoms with Gasteiger partial charge in [0.25, 0.3) is 0 Å². The summed E-state index contributed by atoms with van der Waals surface area (Å²) in [4.78, 5) is 0. The monoisotopic (exact) mass is 373 g/mol. The topological polar surface area (TPSA) is 12.0 Å². The van der Waals surface area contributed by atoms with Crippen LogP contribution >= 0.6 is 31.9 Å². The third-order valence-electron chi connectivity index (χ3n) is 3.79. The number of nitrogens with one attached hydrogen (secondary N) is 1. The highest BCUT2D eigenvalue weighted by molar-refractivity contribution is 9.11. The van der Waals surface area contributed by atoms with Crippen LogP contribution in [-0.2, 0) is 0 Å². The van der Waals surface area contributed by atoms with Crippen molar-refractivity contribution in [3.63, 3.8) is 0 Å². The minimum absolute atomic E-state index is 0.504. The normalized spacial score (nSPS) is 18.8. The summed E-state index contributed by atoms with van der Waals surface area (Å²) in [6, 6.07) is 7.12. The molecule has 1 aromatic carbocycles. The molecule has 0 radical (unpaired) electrons. The maximum Gasteiger partial charge on any atom is 0.0349 e. The number of hydrogen-bond acceptors (Lipinski definition) is 1. The van der Waals surface area contributed by atoms with Crippen molar-refractivity contribution in [1.29, 1.82) is 0 Å². The SMILES string of the molecule is CCNC(c1cc(Br)cc(Br)c1)C1CCCCC1. The van der Waals surface area contributed by atoms with Crippen LogP contribution in [0.4, 0.5) is 0 Å². The zero-order valence-corrected chi connectivity index (χ0v) is 14.1. The van der Waals surface area contributed by atoms with E-state index in [2.05, 4.69) is 62.3 Å². The van der Waals surface area contributed by atoms with Gasteiger partial charge in [-0.1, -0.05) is 58.0 Å². The highest BCUT2D eigenvalue weighted by Crippen LogP contribution is 2.36. The molecule has 0 aromatic heterocycles. The lowest BCUT2D eigenvalue weighted by Gasteiger charge is -2.31. The van der Waals surface area contributed by atoms with Crippen molar-refractivity contribution >= 4 is 31.9 Å². The third-order valence-corrected chi connectivity index (χ3v) is 4.70. The van der Waals surface area contributed by atoms with Crippen LogP contribution in [0.3, 0.4) is 0 Å². The van der Waals surface area contributed by atoms with Gasteiger partial charge in [-0.05, 0) is 49.1 Å². The predicted octanol–water partition coefficient (Wildman–Crippen LogP) is 5.44. The first kappa shape index (κ1) is 14.5. The van der Waals surface area contributed by atoms with Gasteiger partial charge in [-0.25, -0.2) is 0 Å². The van der Waals surface area contributed by atoms with Crippen LogP contribution in [0.25, 0.3) is 0 Å². The average Bonchev–Trinajstić information content (AvgIpc) is 2.36. The second kappa shape index (κ2) is 7.06. The summed E-state index contributed by atoms with van der Waals surface area (Å²) < 4.78 is 2.32. The fourth-order valence-electron chi connectivity index (χ4n) is 3.00. The quantitative estimate of drug-likeness (QED) is 0.739. The molecule has 0 heterocycles. The number of halogens is 2. The lowest BCUT2D eigenvalue weighted by molar-refractivity contribution is 0.274. The molecule has 0 saturated heterocycles. The molecule has 0 aliphatic heterocycles. The van der Waals surface area contributed by atoms with Gasteiger partial charge in [-0.2, -0.15) is 0 Å². The Kier molecular flexibility index (Phi) is 5.71. The molecular formula is C15H21Br2N. The van der Waals surface area contributed by atoms with E-state index in [1.165, 1.54) is 37.7 Å². The maximum absolute atomic E-state index is 3.68. The van der Waals surface area contributed by atoms with E-state index in [4.69, 9.17) is 0 Å². The highest BCUT2D eigenvalue weighted by atomic mass is 79.9. The summed E-state index contributed by atoms with van der Waals surface area (Å²) in [5.74, 6) is 0.792. The first-order valence-corrected chi connectivity index (χ1v) is 8.48. The Balaban J connectivity index is 2.22. The first-order chi connectivity index (χ1) is 8.70. The van der Waals surface area contributed by atoms with Crippen molar-refractivity contribution in [2.24, 2.45) is 5.92 Å². The van der Waals surface area contributed by atoms with Gasteiger partial charge in [0.15, 0.2) is 0 Å². The van der Waals surface area contributed by atoms with E-state index in [1.807, 2.05) is 0 Å². The Morgan fingerprint density at radius 2 is 1.72 bits per heavy atom. The second-order valence-corrected chi connectivity index (χ2v) is 6.97. The van der Waals surface area contributed by atoms with Crippen LogP contribution in [0, 0.1) is 5.92 Å². The second-order valence-electron chi connectivity index (χ2n) is 5.14. The molecule has 0 amide bonds. The molecule has 1 aromatic rings. The molecule has 1 aliphatic rings. The van der Waals surface area contributed by atoms with Crippen molar-refractivity contribution in [2.45, 2.75) is 45.1 Å². The Labute approximate surface area is 127 Å². The standard InChI is InChI=1S/C15H21Br2N/c1-2-18-15(11-6-4-3-5-7-11)12-8-13(16)10-14(17)9-12/h8-11,15,18H,2-7H2,1H3. The molecule has 2 rings (SSSR count). The Morgan fingerprint density at radius 1 is 1.11 bits per heavy atom. The van der Waals surface area contributed by atoms with Gasteiger partial charge in [0.2, 0.25) is 0 Å². The summed E-state index contributed by atoms with van der Waals surface area (Å²) in [7, 11) is 0. The molecule has 0 bridgehead atoms. The highest BCUT2D eigenvalue weighted by Gasteiger charge is 2.24. The lowest BCUT2D eigenvalue weighted by atomic mass is 9.81. The molecule has 3 heteroatoms. The molecule has 1 nitrogen and oxygen atoms in total. The van der Waals surface area contributed by atoms with E-state index >= 15 is 0 Å². The molecule has 0 spiro atoms. The summed E-state index contributed by atoms with van der Waals surface area (Å²) in [5, 5.41) is 3.68. The van der Waals surface area contributed by atoms with Crippen LogP contribution in [-0.4, -0.2) is 6.54 Å². The molecular weight excluding hydrogens is 354 g/mol. The molecule has 1 unspecified atom stereocenters. The largest absolute Gasteiger partial charge is 0.310 e. The van der Waals surface area contributed by atoms with Crippen molar-refractivity contribution in [3.05, 3.63) is 32.7 Å². The molecule has 1 fully saturated rings. The fraction of sp³-hybridized carbons (Fsp3) is 0.600. The van der Waals surface area contributed by atoms with Gasteiger partial charge in [0, 0.05) is 15.0 Å². The summed E-state index contributed by atoms with van der Waals surface area (Å²) in [6.07, 6.45) is 6.92. The van der Waals surface area contributed by atoms with Gasteiger partial charge >= 0.3 is 0 Å². The molecule has 1 saturated carbocycles. The van der Waals surface area contributed by atoms with E-state index in [0.29, 0.717) is 6.04 Å². The zero-order valence-electron chi connectivity index (χ0n) is 10.9. The van der Waals surface area contributed by atoms with E-state index < -0.39 is 0 Å². The smallest absolute Gasteiger partial charge is 0.0349 e. The maximum atomic E-state index is 3.68. The Morgan fingerprint density at radius 3 is 2.28 bits per heavy atom. The minimum atomic E-state index is 0.504. The van der Waals surface area contributed by atoms with Crippen LogP contribution in [0.15, 0.2) is 27.1 Å². The van der Waals surface area contributed by atoms with E-state index in [0.717, 1.165) is 21.4 Å². The fourth-order valence-corrected chi connectivity index (χ4v) is 4.33. The van der Waals surface area contributed by atoms with Gasteiger partial charge in [0.05, 0.1) is 0 Å². The van der Waals surface area contributed by atoms with Gasteiger partial charge in [0.1, 0.15) is 0 Å². The van der Waals surface area contributed by atoms with Crippen molar-refractivity contribution in [2.75, 3.05) is 6.54 Å². The van der Waals surface area contributed by atoms with Gasteiger partial charge in [-0.3, -0.25) is 0 Å². The molecule has 1 N–H and O–H groups in total. The van der Waals surface area contributed by atoms with Crippen molar-refractivity contribution in [1.82, 2.24) is 5.32 Å². The van der Waals surface area contributed by atoms with Crippen molar-refractivity contribution in [3.8, 4) is 0 Å². The third kappa shape index (κ3) is 3.82. The Hall–Kier alpha value is 0.140. The molecule has 100 valence electrons. The number of hydrogen-bond donors (Lipinski definition) is 1. The van der Waals surface area contributed by atoms with E-state index in [-0.39, 0.29) is 0 Å². The first-order valence-electron chi connectivity index (χ1n) is 6.90. The molecule has 18 heavy (non-hydrogen) atoms. The average molecular weight is 375 g/mol. The minimum Gasteiger partial charge on any atom is -0.310 e. The van der Waals surface area contributed by atoms with Crippen LogP contribution in [0.2, 0.25) is 0 Å². The van der Waals surface area contributed by atoms with Crippen LogP contribution in [0.5, 0.6) is 0 Å². The van der Waals surface area contributed by atoms with E-state index in [9.17, 15) is 0 Å².